The fraction of sp³-hybridized carbons (Fsp3) is 0.250. The van der Waals surface area contributed by atoms with Crippen LogP contribution in [0.5, 0.6) is 0 Å². The van der Waals surface area contributed by atoms with E-state index in [1.807, 2.05) is 67.8 Å². The van der Waals surface area contributed by atoms with E-state index in [2.05, 4.69) is 10.2 Å². The second-order valence-electron chi connectivity index (χ2n) is 4.08. The Labute approximate surface area is 162 Å². The molecule has 6 nitrogen and oxygen atoms in total. The van der Waals surface area contributed by atoms with Crippen LogP contribution in [-0.2, 0) is 9.63 Å². The molecule has 0 unspecified atom stereocenters. The number of carbonyl (C=O) groups is 3. The van der Waals surface area contributed by atoms with Crippen LogP contribution in [0.1, 0.15) is 34.6 Å². The molecule has 0 spiro atoms. The number of rotatable bonds is 5. The first-order chi connectivity index (χ1) is 9.72. The van der Waals surface area contributed by atoms with E-state index in [1.165, 1.54) is 13.8 Å². The second kappa shape index (κ2) is 8.01. The molecule has 0 bridgehead atoms. The molecule has 1 aromatic carbocycles. The van der Waals surface area contributed by atoms with Gasteiger partial charge in [0.2, 0.25) is 0 Å². The number of Topliss-reactive ketones (excluding diaryl/α,β-unsaturated/α-hetero) is 2. The Hall–Kier alpha value is -0.0200. The number of hydrogen-bond donors (Lipinski definition) is 2. The maximum atomic E-state index is 11.9. The summed E-state index contributed by atoms with van der Waals surface area (Å²) in [5, 5.41) is 2.95. The molecule has 0 aliphatic heterocycles. The monoisotopic (exact) mass is 628 g/mol. The molecule has 0 aliphatic carbocycles. The number of benzene rings is 1. The smallest absolute Gasteiger partial charge is 0.358 e. The van der Waals surface area contributed by atoms with Crippen molar-refractivity contribution in [1.82, 2.24) is 0 Å². The van der Waals surface area contributed by atoms with E-state index < -0.39 is 5.97 Å². The summed E-state index contributed by atoms with van der Waals surface area (Å²) in [7, 11) is 0. The SMILES string of the molecule is CC(=O)CNc1c(I)c(C(C)=O)c(I)c(C(=O)ON)c1I. The number of anilines is 1. The van der Waals surface area contributed by atoms with Gasteiger partial charge in [-0.1, -0.05) is 0 Å². The summed E-state index contributed by atoms with van der Waals surface area (Å²) in [6, 6.07) is 0. The lowest BCUT2D eigenvalue weighted by molar-refractivity contribution is -0.115. The third-order valence-electron chi connectivity index (χ3n) is 2.49. The molecule has 1 rings (SSSR count). The third-order valence-corrected chi connectivity index (χ3v) is 5.73. The maximum Gasteiger partial charge on any atom is 0.358 e. The van der Waals surface area contributed by atoms with E-state index >= 15 is 0 Å². The van der Waals surface area contributed by atoms with Crippen molar-refractivity contribution in [2.24, 2.45) is 5.90 Å². The number of nitrogens with two attached hydrogens (primary N) is 1. The van der Waals surface area contributed by atoms with Gasteiger partial charge in [-0.2, -0.15) is 5.90 Å². The van der Waals surface area contributed by atoms with Crippen LogP contribution in [0.15, 0.2) is 0 Å². The predicted octanol–water partition coefficient (Wildman–Crippen LogP) is 2.73. The summed E-state index contributed by atoms with van der Waals surface area (Å²) in [6.45, 7) is 2.96. The molecule has 0 heterocycles. The van der Waals surface area contributed by atoms with Gasteiger partial charge in [-0.15, -0.1) is 0 Å². The van der Waals surface area contributed by atoms with Gasteiger partial charge in [-0.05, 0) is 81.6 Å². The van der Waals surface area contributed by atoms with E-state index in [1.54, 1.807) is 0 Å². The van der Waals surface area contributed by atoms with Crippen molar-refractivity contribution in [3.8, 4) is 0 Å². The van der Waals surface area contributed by atoms with E-state index in [0.29, 0.717) is 22.0 Å². The minimum Gasteiger partial charge on any atom is -0.376 e. The highest BCUT2D eigenvalue weighted by molar-refractivity contribution is 14.1. The minimum atomic E-state index is -0.728. The van der Waals surface area contributed by atoms with Gasteiger partial charge in [0.05, 0.1) is 21.4 Å². The average molecular weight is 628 g/mol. The second-order valence-corrected chi connectivity index (χ2v) is 7.32. The highest BCUT2D eigenvalue weighted by atomic mass is 127. The van der Waals surface area contributed by atoms with E-state index in [0.717, 1.165) is 0 Å². The zero-order chi connectivity index (χ0) is 16.3. The molecule has 0 aliphatic rings. The van der Waals surface area contributed by atoms with Crippen molar-refractivity contribution in [2.75, 3.05) is 11.9 Å². The number of carbonyl (C=O) groups excluding carboxylic acids is 3. The lowest BCUT2D eigenvalue weighted by Crippen LogP contribution is -2.20. The Morgan fingerprint density at radius 3 is 2.00 bits per heavy atom. The fourth-order valence-electron chi connectivity index (χ4n) is 1.58. The number of nitrogens with one attached hydrogen (secondary N) is 1. The Morgan fingerprint density at radius 2 is 1.57 bits per heavy atom. The fourth-order valence-corrected chi connectivity index (χ4v) is 6.33. The molecule has 0 fully saturated rings. The summed E-state index contributed by atoms with van der Waals surface area (Å²) < 4.78 is 1.70. The highest BCUT2D eigenvalue weighted by Crippen LogP contribution is 2.36. The molecule has 9 heteroatoms. The van der Waals surface area contributed by atoms with Crippen molar-refractivity contribution in [3.05, 3.63) is 21.8 Å². The van der Waals surface area contributed by atoms with E-state index in [4.69, 9.17) is 5.90 Å². The van der Waals surface area contributed by atoms with Crippen LogP contribution < -0.4 is 11.2 Å². The first kappa shape index (κ1) is 19.0. The highest BCUT2D eigenvalue weighted by Gasteiger charge is 2.27. The molecular formula is C12H11I3N2O4. The van der Waals surface area contributed by atoms with Crippen molar-refractivity contribution in [1.29, 1.82) is 0 Å². The van der Waals surface area contributed by atoms with Gasteiger partial charge in [0.1, 0.15) is 5.78 Å². The first-order valence-electron chi connectivity index (χ1n) is 5.58. The molecule has 1 aromatic rings. The van der Waals surface area contributed by atoms with Gasteiger partial charge in [-0.3, -0.25) is 9.59 Å². The van der Waals surface area contributed by atoms with Gasteiger partial charge >= 0.3 is 5.97 Å². The van der Waals surface area contributed by atoms with E-state index in [9.17, 15) is 14.4 Å². The number of ketones is 2. The van der Waals surface area contributed by atoms with Crippen molar-refractivity contribution < 1.29 is 19.2 Å². The zero-order valence-electron chi connectivity index (χ0n) is 11.1. The molecule has 0 saturated carbocycles. The quantitative estimate of drug-likeness (QED) is 0.296. The molecule has 0 amide bonds. The van der Waals surface area contributed by atoms with Crippen LogP contribution >= 0.6 is 67.8 Å². The summed E-state index contributed by atoms with van der Waals surface area (Å²) in [5.41, 5.74) is 1.18. The van der Waals surface area contributed by atoms with E-state index in [-0.39, 0.29) is 23.7 Å². The Bertz CT molecular complexity index is 632. The molecule has 114 valence electrons. The molecule has 0 saturated heterocycles. The maximum absolute atomic E-state index is 11.9. The van der Waals surface area contributed by atoms with Gasteiger partial charge in [0, 0.05) is 12.7 Å². The summed E-state index contributed by atoms with van der Waals surface area (Å²) in [4.78, 5) is 39.2. The standard InChI is InChI=1S/C12H11I3N2O4/c1-4(18)3-17-11-9(14)6(5(2)19)8(13)7(10(11)15)12(20)21-16/h17H,3,16H2,1-2H3. The van der Waals surface area contributed by atoms with Gasteiger partial charge in [-0.25, -0.2) is 4.79 Å². The molecule has 0 aromatic heterocycles. The van der Waals surface area contributed by atoms with Crippen molar-refractivity contribution >= 4 is 91.0 Å². The largest absolute Gasteiger partial charge is 0.376 e. The zero-order valence-corrected chi connectivity index (χ0v) is 17.5. The van der Waals surface area contributed by atoms with Gasteiger partial charge in [0.15, 0.2) is 5.78 Å². The van der Waals surface area contributed by atoms with Gasteiger partial charge < -0.3 is 10.2 Å². The summed E-state index contributed by atoms with van der Waals surface area (Å²) >= 11 is 5.91. The normalized spacial score (nSPS) is 10.2. The van der Waals surface area contributed by atoms with Crippen LogP contribution in [0.4, 0.5) is 5.69 Å². The van der Waals surface area contributed by atoms with Crippen LogP contribution in [0, 0.1) is 10.7 Å². The topological polar surface area (TPSA) is 98.5 Å². The van der Waals surface area contributed by atoms with Crippen LogP contribution in [0.2, 0.25) is 0 Å². The lowest BCUT2D eigenvalue weighted by Gasteiger charge is -2.17. The summed E-state index contributed by atoms with van der Waals surface area (Å²) in [6.07, 6.45) is 0. The number of hydrogen-bond acceptors (Lipinski definition) is 6. The van der Waals surface area contributed by atoms with Crippen molar-refractivity contribution in [3.63, 3.8) is 0 Å². The first-order valence-corrected chi connectivity index (χ1v) is 8.81. The molecule has 0 radical (unpaired) electrons. The molecule has 0 atom stereocenters. The molecular weight excluding hydrogens is 617 g/mol. The predicted molar refractivity (Wildman–Crippen MR) is 103 cm³/mol. The lowest BCUT2D eigenvalue weighted by atomic mass is 10.1. The van der Waals surface area contributed by atoms with Crippen LogP contribution in [0.3, 0.4) is 0 Å². The third kappa shape index (κ3) is 4.25. The van der Waals surface area contributed by atoms with Gasteiger partial charge in [0.25, 0.3) is 0 Å². The van der Waals surface area contributed by atoms with Crippen LogP contribution in [0.25, 0.3) is 0 Å². The minimum absolute atomic E-state index is 0.0625. The Balaban J connectivity index is 3.63. The summed E-state index contributed by atoms with van der Waals surface area (Å²) in [5.74, 6) is 3.99. The molecule has 21 heavy (non-hydrogen) atoms. The Morgan fingerprint density at radius 1 is 1.05 bits per heavy atom. The molecule has 3 N–H and O–H groups in total. The number of halogens is 3. The van der Waals surface area contributed by atoms with Crippen molar-refractivity contribution in [2.45, 2.75) is 13.8 Å². The average Bonchev–Trinajstić information content (AvgIpc) is 2.37. The Kier molecular flexibility index (Phi) is 7.26. The van der Waals surface area contributed by atoms with Crippen LogP contribution in [-0.4, -0.2) is 24.1 Å².